The Balaban J connectivity index is 1.57. The maximum atomic E-state index is 13.2. The van der Waals surface area contributed by atoms with Gasteiger partial charge in [0.05, 0.1) is 11.2 Å². The SMILES string of the molecule is O=C(NC[C@H](c1ccco1)S(=O)(=O)c1ccc(F)cc1)c1ccc2c(c1)OCO2. The summed E-state index contributed by atoms with van der Waals surface area (Å²) in [4.78, 5) is 12.5. The van der Waals surface area contributed by atoms with Gasteiger partial charge in [-0.25, -0.2) is 12.8 Å². The molecule has 2 heterocycles. The van der Waals surface area contributed by atoms with Crippen molar-refractivity contribution in [2.45, 2.75) is 10.1 Å². The van der Waals surface area contributed by atoms with Gasteiger partial charge in [0.25, 0.3) is 5.91 Å². The molecule has 1 aliphatic rings. The van der Waals surface area contributed by atoms with Gasteiger partial charge < -0.3 is 19.2 Å². The lowest BCUT2D eigenvalue weighted by Gasteiger charge is -2.17. The van der Waals surface area contributed by atoms with Crippen LogP contribution in [0.3, 0.4) is 0 Å². The Morgan fingerprint density at radius 2 is 1.83 bits per heavy atom. The summed E-state index contributed by atoms with van der Waals surface area (Å²) in [6.45, 7) is -0.155. The van der Waals surface area contributed by atoms with E-state index in [1.807, 2.05) is 0 Å². The Hall–Kier alpha value is -3.33. The highest BCUT2D eigenvalue weighted by Gasteiger charge is 2.32. The van der Waals surface area contributed by atoms with Crippen molar-refractivity contribution < 1.29 is 31.5 Å². The van der Waals surface area contributed by atoms with Gasteiger partial charge in [0.15, 0.2) is 21.3 Å². The van der Waals surface area contributed by atoms with Crippen LogP contribution in [0.15, 0.2) is 70.2 Å². The molecule has 2 aromatic carbocycles. The van der Waals surface area contributed by atoms with Crippen LogP contribution >= 0.6 is 0 Å². The average Bonchev–Trinajstić information content (AvgIpc) is 3.39. The minimum absolute atomic E-state index is 0.0716. The number of carbonyl (C=O) groups excluding carboxylic acids is 1. The Bertz CT molecular complexity index is 1130. The van der Waals surface area contributed by atoms with Crippen LogP contribution < -0.4 is 14.8 Å². The van der Waals surface area contributed by atoms with Crippen LogP contribution in [-0.4, -0.2) is 27.7 Å². The normalized spacial score (nSPS) is 13.8. The van der Waals surface area contributed by atoms with Crippen molar-refractivity contribution in [2.75, 3.05) is 13.3 Å². The summed E-state index contributed by atoms with van der Waals surface area (Å²) in [5, 5.41) is 1.44. The van der Waals surface area contributed by atoms with Gasteiger partial charge in [-0.1, -0.05) is 0 Å². The first-order chi connectivity index (χ1) is 13.9. The Kier molecular flexibility index (Phi) is 4.98. The molecule has 0 saturated heterocycles. The number of benzene rings is 2. The van der Waals surface area contributed by atoms with Crippen LogP contribution in [0.2, 0.25) is 0 Å². The molecule has 0 fully saturated rings. The van der Waals surface area contributed by atoms with E-state index in [0.29, 0.717) is 17.1 Å². The molecule has 1 N–H and O–H groups in total. The molecule has 9 heteroatoms. The van der Waals surface area contributed by atoms with Gasteiger partial charge in [-0.3, -0.25) is 4.79 Å². The topological polar surface area (TPSA) is 94.8 Å². The zero-order valence-corrected chi connectivity index (χ0v) is 15.8. The van der Waals surface area contributed by atoms with E-state index in [2.05, 4.69) is 5.32 Å². The fourth-order valence-corrected chi connectivity index (χ4v) is 4.54. The highest BCUT2D eigenvalue weighted by atomic mass is 32.2. The van der Waals surface area contributed by atoms with E-state index in [1.54, 1.807) is 18.2 Å². The third-order valence-electron chi connectivity index (χ3n) is 4.46. The molecule has 1 atom stereocenters. The van der Waals surface area contributed by atoms with E-state index in [-0.39, 0.29) is 24.0 Å². The summed E-state index contributed by atoms with van der Waals surface area (Å²) in [6, 6.07) is 12.2. The molecular weight excluding hydrogens is 401 g/mol. The average molecular weight is 417 g/mol. The van der Waals surface area contributed by atoms with Crippen LogP contribution in [0, 0.1) is 5.82 Å². The molecule has 1 aliphatic heterocycles. The number of furan rings is 1. The standard InChI is InChI=1S/C20H16FNO6S/c21-14-4-6-15(7-5-14)29(24,25)19(17-2-1-9-26-17)11-22-20(23)13-3-8-16-18(10-13)28-12-27-16/h1-10,19H,11-12H2,(H,22,23)/t19-/m1/s1. The molecule has 0 saturated carbocycles. The fraction of sp³-hybridized carbons (Fsp3) is 0.150. The number of hydrogen-bond donors (Lipinski definition) is 1. The number of ether oxygens (including phenoxy) is 2. The predicted molar refractivity (Wildman–Crippen MR) is 99.9 cm³/mol. The van der Waals surface area contributed by atoms with Crippen molar-refractivity contribution in [3.63, 3.8) is 0 Å². The van der Waals surface area contributed by atoms with Crippen molar-refractivity contribution in [3.05, 3.63) is 78.0 Å². The van der Waals surface area contributed by atoms with Gasteiger partial charge in [0.1, 0.15) is 16.8 Å². The highest BCUT2D eigenvalue weighted by molar-refractivity contribution is 7.91. The van der Waals surface area contributed by atoms with Gasteiger partial charge >= 0.3 is 0 Å². The number of hydrogen-bond acceptors (Lipinski definition) is 6. The van der Waals surface area contributed by atoms with Crippen LogP contribution in [0.4, 0.5) is 4.39 Å². The maximum Gasteiger partial charge on any atom is 0.251 e. The first-order valence-corrected chi connectivity index (χ1v) is 10.2. The van der Waals surface area contributed by atoms with E-state index in [1.165, 1.54) is 30.5 Å². The number of amides is 1. The minimum atomic E-state index is -3.95. The summed E-state index contributed by atoms with van der Waals surface area (Å²) in [7, 11) is -3.95. The molecule has 1 amide bonds. The summed E-state index contributed by atoms with van der Waals surface area (Å²) in [6.07, 6.45) is 1.35. The zero-order valence-electron chi connectivity index (χ0n) is 15.0. The lowest BCUT2D eigenvalue weighted by molar-refractivity contribution is 0.0952. The summed E-state index contributed by atoms with van der Waals surface area (Å²) in [5.74, 6) is 0.122. The molecule has 1 aromatic heterocycles. The molecule has 3 aromatic rings. The Morgan fingerprint density at radius 3 is 2.55 bits per heavy atom. The predicted octanol–water partition coefficient (Wildman–Crippen LogP) is 3.09. The molecule has 29 heavy (non-hydrogen) atoms. The number of carbonyl (C=O) groups is 1. The fourth-order valence-electron chi connectivity index (χ4n) is 2.95. The molecule has 0 unspecified atom stereocenters. The van der Waals surface area contributed by atoms with Crippen molar-refractivity contribution >= 4 is 15.7 Å². The summed E-state index contributed by atoms with van der Waals surface area (Å²) in [5.41, 5.74) is 0.298. The van der Waals surface area contributed by atoms with Crippen LogP contribution in [0.5, 0.6) is 11.5 Å². The lowest BCUT2D eigenvalue weighted by Crippen LogP contribution is -2.31. The number of rotatable bonds is 6. The molecule has 4 rings (SSSR count). The number of fused-ring (bicyclic) bond motifs is 1. The van der Waals surface area contributed by atoms with Crippen LogP contribution in [0.1, 0.15) is 21.4 Å². The maximum absolute atomic E-state index is 13.2. The number of halogens is 1. The van der Waals surface area contributed by atoms with E-state index in [4.69, 9.17) is 13.9 Å². The molecular formula is C20H16FNO6S. The van der Waals surface area contributed by atoms with Crippen molar-refractivity contribution in [3.8, 4) is 11.5 Å². The quantitative estimate of drug-likeness (QED) is 0.620. The minimum Gasteiger partial charge on any atom is -0.468 e. The number of sulfone groups is 1. The van der Waals surface area contributed by atoms with Gasteiger partial charge in [-0.05, 0) is 54.6 Å². The van der Waals surface area contributed by atoms with Crippen LogP contribution in [-0.2, 0) is 9.84 Å². The molecule has 0 bridgehead atoms. The second kappa shape index (κ2) is 7.59. The Morgan fingerprint density at radius 1 is 1.07 bits per heavy atom. The van der Waals surface area contributed by atoms with Gasteiger partial charge in [0, 0.05) is 12.1 Å². The lowest BCUT2D eigenvalue weighted by atomic mass is 10.2. The van der Waals surface area contributed by atoms with Crippen molar-refractivity contribution in [1.82, 2.24) is 5.32 Å². The molecule has 0 aliphatic carbocycles. The van der Waals surface area contributed by atoms with E-state index in [9.17, 15) is 17.6 Å². The molecule has 7 nitrogen and oxygen atoms in total. The third kappa shape index (κ3) is 3.81. The van der Waals surface area contributed by atoms with E-state index in [0.717, 1.165) is 12.1 Å². The van der Waals surface area contributed by atoms with E-state index < -0.39 is 26.8 Å². The van der Waals surface area contributed by atoms with Crippen LogP contribution in [0.25, 0.3) is 0 Å². The zero-order chi connectivity index (χ0) is 20.4. The summed E-state index contributed by atoms with van der Waals surface area (Å²) >= 11 is 0. The van der Waals surface area contributed by atoms with Gasteiger partial charge in [0.2, 0.25) is 6.79 Å². The first kappa shape index (κ1) is 19.0. The monoisotopic (exact) mass is 417 g/mol. The van der Waals surface area contributed by atoms with Crippen molar-refractivity contribution in [1.29, 1.82) is 0 Å². The van der Waals surface area contributed by atoms with E-state index >= 15 is 0 Å². The molecule has 150 valence electrons. The van der Waals surface area contributed by atoms with Gasteiger partial charge in [-0.2, -0.15) is 0 Å². The number of nitrogens with one attached hydrogen (secondary N) is 1. The molecule has 0 spiro atoms. The van der Waals surface area contributed by atoms with Gasteiger partial charge in [-0.15, -0.1) is 0 Å². The van der Waals surface area contributed by atoms with Crippen molar-refractivity contribution in [2.24, 2.45) is 0 Å². The third-order valence-corrected chi connectivity index (χ3v) is 6.54. The smallest absolute Gasteiger partial charge is 0.251 e. The second-order valence-electron chi connectivity index (χ2n) is 6.28. The second-order valence-corrected chi connectivity index (χ2v) is 8.41. The first-order valence-electron chi connectivity index (χ1n) is 8.66. The highest BCUT2D eigenvalue weighted by Crippen LogP contribution is 2.33. The Labute approximate surface area is 166 Å². The molecule has 0 radical (unpaired) electrons. The largest absolute Gasteiger partial charge is 0.468 e. The summed E-state index contributed by atoms with van der Waals surface area (Å²) < 4.78 is 55.1.